The number of para-hydroxylation sites is 2. The summed E-state index contributed by atoms with van der Waals surface area (Å²) in [6.07, 6.45) is 0.141. The van der Waals surface area contributed by atoms with Gasteiger partial charge in [-0.1, -0.05) is 30.3 Å². The molecule has 2 heterocycles. The number of rotatable bonds is 5. The molecule has 0 aliphatic rings. The second-order valence-electron chi connectivity index (χ2n) is 5.92. The van der Waals surface area contributed by atoms with Crippen LogP contribution in [0.4, 0.5) is 0 Å². The summed E-state index contributed by atoms with van der Waals surface area (Å²) < 4.78 is 11.3. The van der Waals surface area contributed by atoms with Crippen LogP contribution in [0.15, 0.2) is 63.4 Å². The van der Waals surface area contributed by atoms with E-state index < -0.39 is 0 Å². The Morgan fingerprint density at radius 3 is 2.58 bits per heavy atom. The Bertz CT molecular complexity index is 1020. The average molecular weight is 347 g/mol. The standard InChI is InChI=1S/C20H17N3O3/c1-13-16(23-20(25-13)14-7-3-2-4-8-14)11-18(24)21-12-19-22-15-9-5-6-10-17(15)26-19/h2-10H,11-12H2,1H3,(H,21,24). The smallest absolute Gasteiger partial charge is 0.226 e. The number of nitrogens with zero attached hydrogens (tertiary/aromatic N) is 2. The Morgan fingerprint density at radius 1 is 1.00 bits per heavy atom. The van der Waals surface area contributed by atoms with Gasteiger partial charge in [-0.25, -0.2) is 9.97 Å². The lowest BCUT2D eigenvalue weighted by atomic mass is 10.2. The second-order valence-corrected chi connectivity index (χ2v) is 5.92. The van der Waals surface area contributed by atoms with Gasteiger partial charge in [0.05, 0.1) is 18.7 Å². The summed E-state index contributed by atoms with van der Waals surface area (Å²) in [5.41, 5.74) is 2.99. The van der Waals surface area contributed by atoms with E-state index in [0.717, 1.165) is 11.1 Å². The molecule has 1 amide bonds. The number of carbonyl (C=O) groups is 1. The molecular weight excluding hydrogens is 330 g/mol. The van der Waals surface area contributed by atoms with Crippen LogP contribution in [0.1, 0.15) is 17.3 Å². The first-order chi connectivity index (χ1) is 12.7. The van der Waals surface area contributed by atoms with E-state index in [4.69, 9.17) is 8.83 Å². The summed E-state index contributed by atoms with van der Waals surface area (Å²) in [5, 5.41) is 2.81. The van der Waals surface area contributed by atoms with Crippen LogP contribution in [-0.4, -0.2) is 15.9 Å². The molecule has 6 nitrogen and oxygen atoms in total. The van der Waals surface area contributed by atoms with Gasteiger partial charge in [-0.15, -0.1) is 0 Å². The van der Waals surface area contributed by atoms with E-state index in [9.17, 15) is 4.79 Å². The summed E-state index contributed by atoms with van der Waals surface area (Å²) in [6, 6.07) is 17.1. The van der Waals surface area contributed by atoms with Crippen molar-refractivity contribution in [2.45, 2.75) is 19.9 Å². The van der Waals surface area contributed by atoms with Crippen molar-refractivity contribution in [3.8, 4) is 11.5 Å². The average Bonchev–Trinajstić information content (AvgIpc) is 3.24. The number of hydrogen-bond donors (Lipinski definition) is 1. The third-order valence-electron chi connectivity index (χ3n) is 4.02. The van der Waals surface area contributed by atoms with Crippen LogP contribution < -0.4 is 5.32 Å². The van der Waals surface area contributed by atoms with E-state index in [2.05, 4.69) is 15.3 Å². The minimum atomic E-state index is -0.164. The maximum absolute atomic E-state index is 12.2. The molecule has 6 heteroatoms. The fourth-order valence-corrected chi connectivity index (χ4v) is 2.68. The molecule has 1 N–H and O–H groups in total. The van der Waals surface area contributed by atoms with Crippen molar-refractivity contribution < 1.29 is 13.6 Å². The van der Waals surface area contributed by atoms with Crippen molar-refractivity contribution in [2.75, 3.05) is 0 Å². The predicted molar refractivity (Wildman–Crippen MR) is 96.2 cm³/mol. The van der Waals surface area contributed by atoms with Gasteiger partial charge in [0.1, 0.15) is 11.3 Å². The van der Waals surface area contributed by atoms with E-state index in [1.165, 1.54) is 0 Å². The molecule has 4 rings (SSSR count). The molecule has 0 radical (unpaired) electrons. The molecule has 0 bridgehead atoms. The first-order valence-corrected chi connectivity index (χ1v) is 8.32. The first-order valence-electron chi connectivity index (χ1n) is 8.32. The van der Waals surface area contributed by atoms with Crippen LogP contribution in [0.2, 0.25) is 0 Å². The molecule has 130 valence electrons. The Hall–Kier alpha value is -3.41. The Labute approximate surface area is 149 Å². The number of amides is 1. The van der Waals surface area contributed by atoms with Crippen molar-refractivity contribution in [1.82, 2.24) is 15.3 Å². The van der Waals surface area contributed by atoms with E-state index in [-0.39, 0.29) is 18.9 Å². The number of oxazole rings is 2. The highest BCUT2D eigenvalue weighted by Gasteiger charge is 2.15. The summed E-state index contributed by atoms with van der Waals surface area (Å²) >= 11 is 0. The lowest BCUT2D eigenvalue weighted by Gasteiger charge is -2.00. The van der Waals surface area contributed by atoms with Crippen molar-refractivity contribution >= 4 is 17.0 Å². The van der Waals surface area contributed by atoms with Gasteiger partial charge in [-0.05, 0) is 31.2 Å². The fourth-order valence-electron chi connectivity index (χ4n) is 2.68. The monoisotopic (exact) mass is 347 g/mol. The van der Waals surface area contributed by atoms with E-state index in [1.807, 2.05) is 61.5 Å². The third-order valence-corrected chi connectivity index (χ3v) is 4.02. The summed E-state index contributed by atoms with van der Waals surface area (Å²) in [4.78, 5) is 21.0. The molecule has 0 unspecified atom stereocenters. The SMILES string of the molecule is Cc1oc(-c2ccccc2)nc1CC(=O)NCc1nc2ccccc2o1. The van der Waals surface area contributed by atoms with Crippen molar-refractivity contribution in [3.63, 3.8) is 0 Å². The molecule has 0 saturated carbocycles. The van der Waals surface area contributed by atoms with Crippen molar-refractivity contribution in [3.05, 3.63) is 71.9 Å². The van der Waals surface area contributed by atoms with Gasteiger partial charge >= 0.3 is 0 Å². The topological polar surface area (TPSA) is 81.2 Å². The van der Waals surface area contributed by atoms with Gasteiger partial charge in [0.15, 0.2) is 5.58 Å². The molecular formula is C20H17N3O3. The molecule has 0 aliphatic carbocycles. The molecule has 0 fully saturated rings. The molecule has 2 aromatic carbocycles. The number of benzene rings is 2. The molecule has 0 spiro atoms. The molecule has 0 aliphatic heterocycles. The largest absolute Gasteiger partial charge is 0.441 e. The number of fused-ring (bicyclic) bond motifs is 1. The third kappa shape index (κ3) is 3.35. The lowest BCUT2D eigenvalue weighted by Crippen LogP contribution is -2.25. The van der Waals surface area contributed by atoms with Crippen LogP contribution in [0.25, 0.3) is 22.6 Å². The van der Waals surface area contributed by atoms with Crippen LogP contribution >= 0.6 is 0 Å². The highest BCUT2D eigenvalue weighted by atomic mass is 16.4. The second kappa shape index (κ2) is 6.84. The number of hydrogen-bond acceptors (Lipinski definition) is 5. The number of nitrogens with one attached hydrogen (secondary N) is 1. The molecule has 26 heavy (non-hydrogen) atoms. The Morgan fingerprint density at radius 2 is 1.77 bits per heavy atom. The van der Waals surface area contributed by atoms with E-state index in [0.29, 0.717) is 28.8 Å². The minimum absolute atomic E-state index is 0.141. The van der Waals surface area contributed by atoms with Crippen LogP contribution in [0.5, 0.6) is 0 Å². The van der Waals surface area contributed by atoms with Gasteiger partial charge in [0, 0.05) is 5.56 Å². The first kappa shape index (κ1) is 16.1. The number of carbonyl (C=O) groups excluding carboxylic acids is 1. The Balaban J connectivity index is 1.41. The molecule has 4 aromatic rings. The van der Waals surface area contributed by atoms with Gasteiger partial charge in [0.2, 0.25) is 17.7 Å². The minimum Gasteiger partial charge on any atom is -0.441 e. The molecule has 0 atom stereocenters. The van der Waals surface area contributed by atoms with Gasteiger partial charge < -0.3 is 14.2 Å². The molecule has 2 aromatic heterocycles. The highest BCUT2D eigenvalue weighted by Crippen LogP contribution is 2.21. The van der Waals surface area contributed by atoms with Gasteiger partial charge in [-0.2, -0.15) is 0 Å². The Kier molecular flexibility index (Phi) is 4.23. The zero-order valence-electron chi connectivity index (χ0n) is 14.2. The van der Waals surface area contributed by atoms with Crippen LogP contribution in [0, 0.1) is 6.92 Å². The zero-order chi connectivity index (χ0) is 17.9. The number of aromatic nitrogens is 2. The van der Waals surface area contributed by atoms with Crippen molar-refractivity contribution in [1.29, 1.82) is 0 Å². The maximum Gasteiger partial charge on any atom is 0.226 e. The summed E-state index contributed by atoms with van der Waals surface area (Å²) in [6.45, 7) is 2.04. The zero-order valence-corrected chi connectivity index (χ0v) is 14.2. The van der Waals surface area contributed by atoms with Crippen LogP contribution in [-0.2, 0) is 17.8 Å². The number of aryl methyl sites for hydroxylation is 1. The fraction of sp³-hybridized carbons (Fsp3) is 0.150. The lowest BCUT2D eigenvalue weighted by molar-refractivity contribution is -0.120. The highest BCUT2D eigenvalue weighted by molar-refractivity contribution is 5.78. The normalized spacial score (nSPS) is 11.0. The summed E-state index contributed by atoms with van der Waals surface area (Å²) in [7, 11) is 0. The quantitative estimate of drug-likeness (QED) is 0.596. The van der Waals surface area contributed by atoms with Crippen LogP contribution in [0.3, 0.4) is 0 Å². The summed E-state index contributed by atoms with van der Waals surface area (Å²) in [5.74, 6) is 1.47. The van der Waals surface area contributed by atoms with Gasteiger partial charge in [-0.3, -0.25) is 4.79 Å². The van der Waals surface area contributed by atoms with Gasteiger partial charge in [0.25, 0.3) is 0 Å². The van der Waals surface area contributed by atoms with Crippen molar-refractivity contribution in [2.24, 2.45) is 0 Å². The van der Waals surface area contributed by atoms with E-state index >= 15 is 0 Å². The van der Waals surface area contributed by atoms with E-state index in [1.54, 1.807) is 0 Å². The maximum atomic E-state index is 12.2. The molecule has 0 saturated heterocycles. The predicted octanol–water partition coefficient (Wildman–Crippen LogP) is 3.65.